The van der Waals surface area contributed by atoms with Crippen molar-refractivity contribution < 1.29 is 20.4 Å². The fraction of sp³-hybridized carbons (Fsp3) is 0.143. The van der Waals surface area contributed by atoms with Crippen LogP contribution in [0.5, 0.6) is 0 Å². The van der Waals surface area contributed by atoms with Crippen molar-refractivity contribution in [2.24, 2.45) is 0 Å². The molecule has 0 amide bonds. The maximum absolute atomic E-state index is 10.8. The smallest absolute Gasteiger partial charge is 0.217 e. The number of carboxylic acid groups (broad SMARTS) is 1. The van der Waals surface area contributed by atoms with E-state index in [0.717, 1.165) is 0 Å². The Kier molecular flexibility index (Phi) is 1.87. The Bertz CT molecular complexity index is 265. The molecule has 0 bridgehead atoms. The highest BCUT2D eigenvalue weighted by Gasteiger charge is 2.22. The largest absolute Gasteiger partial charge is 0.545 e. The number of ketones is 1. The number of rotatable bonds is 1. The number of allylic oxidation sites excluding steroid dienone is 2. The Hall–Kier alpha value is -1.42. The monoisotopic (exact) mass is 153 g/mol. The maximum atomic E-state index is 10.8. The van der Waals surface area contributed by atoms with Crippen LogP contribution in [-0.2, 0) is 9.59 Å². The first-order chi connectivity index (χ1) is 5.13. The van der Waals surface area contributed by atoms with Gasteiger partial charge in [0.1, 0.15) is 0 Å². The zero-order valence-corrected chi connectivity index (χ0v) is 5.74. The summed E-state index contributed by atoms with van der Waals surface area (Å²) in [5.74, 6) is -1.63. The fourth-order valence-electron chi connectivity index (χ4n) is 0.842. The molecule has 4 heteroatoms. The van der Waals surface area contributed by atoms with Gasteiger partial charge in [-0.1, -0.05) is 12.2 Å². The van der Waals surface area contributed by atoms with Gasteiger partial charge in [-0.05, 0) is 6.08 Å². The van der Waals surface area contributed by atoms with Gasteiger partial charge in [0, 0.05) is 5.57 Å². The van der Waals surface area contributed by atoms with Crippen molar-refractivity contribution in [1.29, 1.82) is 0 Å². The molecule has 1 aliphatic carbocycles. The first-order valence-corrected chi connectivity index (χ1v) is 3.09. The topological polar surface area (TPSA) is 84.8 Å². The Morgan fingerprint density at radius 1 is 1.64 bits per heavy atom. The zero-order valence-electron chi connectivity index (χ0n) is 5.74. The van der Waals surface area contributed by atoms with Crippen LogP contribution in [0.15, 0.2) is 23.8 Å². The van der Waals surface area contributed by atoms with Gasteiger partial charge in [0.15, 0.2) is 6.04 Å². The molecule has 0 aromatic carbocycles. The molecule has 0 heterocycles. The lowest BCUT2D eigenvalue weighted by Crippen LogP contribution is -2.67. The van der Waals surface area contributed by atoms with Gasteiger partial charge in [0.2, 0.25) is 5.78 Å². The lowest BCUT2D eigenvalue weighted by atomic mass is 9.99. The average Bonchev–Trinajstić information content (AvgIpc) is 1.94. The first kappa shape index (κ1) is 7.68. The maximum Gasteiger partial charge on any atom is 0.217 e. The van der Waals surface area contributed by atoms with Gasteiger partial charge >= 0.3 is 0 Å². The van der Waals surface area contributed by atoms with Gasteiger partial charge in [-0.2, -0.15) is 0 Å². The van der Waals surface area contributed by atoms with Crippen LogP contribution in [0.2, 0.25) is 0 Å². The Labute approximate surface area is 63.0 Å². The molecule has 11 heavy (non-hydrogen) atoms. The van der Waals surface area contributed by atoms with Crippen LogP contribution < -0.4 is 10.8 Å². The molecular formula is C7H7NO3. The lowest BCUT2D eigenvalue weighted by Gasteiger charge is -2.12. The van der Waals surface area contributed by atoms with Crippen molar-refractivity contribution in [3.63, 3.8) is 0 Å². The molecule has 58 valence electrons. The van der Waals surface area contributed by atoms with E-state index in [9.17, 15) is 14.7 Å². The van der Waals surface area contributed by atoms with Crippen molar-refractivity contribution in [2.45, 2.75) is 6.04 Å². The van der Waals surface area contributed by atoms with Gasteiger partial charge in [-0.15, -0.1) is 0 Å². The van der Waals surface area contributed by atoms with Crippen molar-refractivity contribution in [3.05, 3.63) is 23.8 Å². The van der Waals surface area contributed by atoms with E-state index in [1.807, 2.05) is 0 Å². The molecular weight excluding hydrogens is 146 g/mol. The summed E-state index contributed by atoms with van der Waals surface area (Å²) < 4.78 is 0. The first-order valence-electron chi connectivity index (χ1n) is 3.09. The predicted molar refractivity (Wildman–Crippen MR) is 33.9 cm³/mol. The van der Waals surface area contributed by atoms with Crippen LogP contribution in [0.4, 0.5) is 0 Å². The van der Waals surface area contributed by atoms with E-state index in [0.29, 0.717) is 0 Å². The van der Waals surface area contributed by atoms with Crippen LogP contribution in [0.1, 0.15) is 0 Å². The summed E-state index contributed by atoms with van der Waals surface area (Å²) in [4.78, 5) is 21.1. The third kappa shape index (κ3) is 1.35. The molecule has 1 aliphatic rings. The van der Waals surface area contributed by atoms with E-state index in [1.165, 1.54) is 18.2 Å². The molecule has 0 spiro atoms. The Morgan fingerprint density at radius 2 is 2.27 bits per heavy atom. The third-order valence-electron chi connectivity index (χ3n) is 1.49. The molecule has 1 atom stereocenters. The van der Waals surface area contributed by atoms with E-state index in [-0.39, 0.29) is 11.4 Å². The normalized spacial score (nSPS) is 23.2. The molecule has 3 N–H and O–H groups in total. The molecule has 4 nitrogen and oxygen atoms in total. The van der Waals surface area contributed by atoms with Crippen LogP contribution in [0.25, 0.3) is 0 Å². The van der Waals surface area contributed by atoms with E-state index < -0.39 is 12.0 Å². The molecule has 0 aliphatic heterocycles. The fourth-order valence-corrected chi connectivity index (χ4v) is 0.842. The highest BCUT2D eigenvalue weighted by Crippen LogP contribution is 2.04. The molecule has 0 aromatic rings. The minimum Gasteiger partial charge on any atom is -0.545 e. The number of carboxylic acids is 1. The van der Waals surface area contributed by atoms with Crippen LogP contribution in [0.3, 0.4) is 0 Å². The van der Waals surface area contributed by atoms with Crippen LogP contribution >= 0.6 is 0 Å². The standard InChI is InChI=1S/C7H7NO3/c8-6-4(7(10)11)2-1-3-5(6)9/h1-3,6H,8H2,(H,10,11)/t6-/m0/s1. The molecule has 0 unspecified atom stereocenters. The van der Waals surface area contributed by atoms with Crippen LogP contribution in [-0.4, -0.2) is 17.8 Å². The molecule has 0 saturated carbocycles. The summed E-state index contributed by atoms with van der Waals surface area (Å²) in [7, 11) is 0. The van der Waals surface area contributed by atoms with E-state index in [2.05, 4.69) is 5.73 Å². The summed E-state index contributed by atoms with van der Waals surface area (Å²) in [6.45, 7) is 0. The second kappa shape index (κ2) is 2.67. The minimum absolute atomic E-state index is 0.0579. The summed E-state index contributed by atoms with van der Waals surface area (Å²) >= 11 is 0. The van der Waals surface area contributed by atoms with Gasteiger partial charge in [-0.3, -0.25) is 4.79 Å². The lowest BCUT2D eigenvalue weighted by molar-refractivity contribution is -0.393. The third-order valence-corrected chi connectivity index (χ3v) is 1.49. The van der Waals surface area contributed by atoms with Crippen molar-refractivity contribution in [1.82, 2.24) is 0 Å². The van der Waals surface area contributed by atoms with Crippen LogP contribution in [0, 0.1) is 0 Å². The number of hydrogen-bond donors (Lipinski definition) is 1. The van der Waals surface area contributed by atoms with Crippen molar-refractivity contribution in [2.75, 3.05) is 0 Å². The highest BCUT2D eigenvalue weighted by atomic mass is 16.4. The summed E-state index contributed by atoms with van der Waals surface area (Å²) in [6, 6.07) is -0.815. The van der Waals surface area contributed by atoms with E-state index >= 15 is 0 Å². The number of hydrogen-bond acceptors (Lipinski definition) is 3. The van der Waals surface area contributed by atoms with Gasteiger partial charge in [0.25, 0.3) is 0 Å². The molecule has 1 rings (SSSR count). The minimum atomic E-state index is -1.33. The van der Waals surface area contributed by atoms with Crippen molar-refractivity contribution in [3.8, 4) is 0 Å². The zero-order chi connectivity index (χ0) is 8.43. The Balaban J connectivity index is 2.96. The summed E-state index contributed by atoms with van der Waals surface area (Å²) in [5, 5.41) is 10.3. The number of aliphatic carboxylic acids is 1. The number of quaternary nitrogens is 1. The molecule has 0 saturated heterocycles. The van der Waals surface area contributed by atoms with E-state index in [4.69, 9.17) is 0 Å². The average molecular weight is 153 g/mol. The summed E-state index contributed by atoms with van der Waals surface area (Å²) in [5.41, 5.74) is 3.33. The second-order valence-electron chi connectivity index (χ2n) is 2.22. The van der Waals surface area contributed by atoms with Gasteiger partial charge < -0.3 is 15.6 Å². The highest BCUT2D eigenvalue weighted by molar-refractivity contribution is 6.04. The molecule has 0 aromatic heterocycles. The SMILES string of the molecule is [NH3+][C@@H]1C(=O)C=CC=C1C(=O)[O-]. The number of carbonyl (C=O) groups excluding carboxylic acids is 2. The summed E-state index contributed by atoms with van der Waals surface area (Å²) in [6.07, 6.45) is 4.01. The van der Waals surface area contributed by atoms with E-state index in [1.54, 1.807) is 0 Å². The molecule has 0 fully saturated rings. The Morgan fingerprint density at radius 3 is 2.73 bits per heavy atom. The number of carbonyl (C=O) groups is 2. The molecule has 0 radical (unpaired) electrons. The quantitative estimate of drug-likeness (QED) is 0.448. The van der Waals surface area contributed by atoms with Gasteiger partial charge in [0.05, 0.1) is 5.97 Å². The predicted octanol–water partition coefficient (Wildman–Crippen LogP) is -2.59. The van der Waals surface area contributed by atoms with Gasteiger partial charge in [-0.25, -0.2) is 0 Å². The van der Waals surface area contributed by atoms with Crippen molar-refractivity contribution >= 4 is 11.8 Å². The second-order valence-corrected chi connectivity index (χ2v) is 2.22.